The van der Waals surface area contributed by atoms with Crippen molar-refractivity contribution in [1.29, 1.82) is 0 Å². The van der Waals surface area contributed by atoms with Crippen molar-refractivity contribution in [3.05, 3.63) is 23.8 Å². The third kappa shape index (κ3) is 3.23. The molecule has 0 aliphatic carbocycles. The van der Waals surface area contributed by atoms with Crippen LogP contribution in [0.2, 0.25) is 0 Å². The fraction of sp³-hybridized carbons (Fsp3) is 0.444. The molecule has 0 aliphatic heterocycles. The third-order valence-electron chi connectivity index (χ3n) is 1.40. The molecule has 0 saturated heterocycles. The molecule has 1 heteroatoms. The minimum atomic E-state index is 0.167. The van der Waals surface area contributed by atoms with E-state index in [1.807, 2.05) is 20.8 Å². The van der Waals surface area contributed by atoms with Gasteiger partial charge in [-0.3, -0.25) is 4.79 Å². The first kappa shape index (κ1) is 9.15. The van der Waals surface area contributed by atoms with Crippen molar-refractivity contribution < 1.29 is 4.79 Å². The molecule has 1 nitrogen and oxygen atoms in total. The normalized spacial score (nSPS) is 11.3. The Hall–Kier alpha value is -0.850. The van der Waals surface area contributed by atoms with Crippen molar-refractivity contribution in [3.63, 3.8) is 0 Å². The van der Waals surface area contributed by atoms with Gasteiger partial charge in [-0.1, -0.05) is 19.1 Å². The predicted octanol–water partition coefficient (Wildman–Crippen LogP) is 2.49. The van der Waals surface area contributed by atoms with Crippen molar-refractivity contribution in [2.45, 2.75) is 27.2 Å². The maximum absolute atomic E-state index is 10.8. The summed E-state index contributed by atoms with van der Waals surface area (Å²) >= 11 is 0. The van der Waals surface area contributed by atoms with Crippen LogP contribution in [0, 0.1) is 0 Å². The van der Waals surface area contributed by atoms with Crippen LogP contribution in [0.1, 0.15) is 27.2 Å². The number of ketones is 1. The lowest BCUT2D eigenvalue weighted by molar-refractivity contribution is -0.114. The average Bonchev–Trinajstić information content (AvgIpc) is 1.87. The Bertz CT molecular complexity index is 175. The molecule has 0 radical (unpaired) electrons. The monoisotopic (exact) mass is 138 g/mol. The van der Waals surface area contributed by atoms with Crippen molar-refractivity contribution in [2.24, 2.45) is 0 Å². The Morgan fingerprint density at radius 3 is 2.30 bits per heavy atom. The van der Waals surface area contributed by atoms with E-state index in [0.717, 1.165) is 11.1 Å². The second kappa shape index (κ2) is 4.04. The van der Waals surface area contributed by atoms with E-state index < -0.39 is 0 Å². The first-order valence-electron chi connectivity index (χ1n) is 3.45. The van der Waals surface area contributed by atoms with Gasteiger partial charge in [-0.25, -0.2) is 0 Å². The summed E-state index contributed by atoms with van der Waals surface area (Å²) < 4.78 is 0. The van der Waals surface area contributed by atoms with Gasteiger partial charge in [0.2, 0.25) is 0 Å². The molecule has 0 saturated carbocycles. The Kier molecular flexibility index (Phi) is 3.70. The van der Waals surface area contributed by atoms with E-state index in [0.29, 0.717) is 6.42 Å². The lowest BCUT2D eigenvalue weighted by atomic mass is 10.1. The van der Waals surface area contributed by atoms with Gasteiger partial charge in [0.05, 0.1) is 0 Å². The van der Waals surface area contributed by atoms with Gasteiger partial charge in [0.25, 0.3) is 0 Å². The molecule has 0 N–H and O–H groups in total. The highest BCUT2D eigenvalue weighted by Gasteiger charge is 1.94. The van der Waals surface area contributed by atoms with Crippen LogP contribution in [-0.2, 0) is 4.79 Å². The minimum Gasteiger partial charge on any atom is -0.295 e. The number of carbonyl (C=O) groups excluding carboxylic acids is 1. The van der Waals surface area contributed by atoms with Crippen molar-refractivity contribution in [2.75, 3.05) is 0 Å². The minimum absolute atomic E-state index is 0.167. The van der Waals surface area contributed by atoms with Gasteiger partial charge in [0.15, 0.2) is 5.78 Å². The molecule has 0 aromatic carbocycles. The van der Waals surface area contributed by atoms with Crippen molar-refractivity contribution in [1.82, 2.24) is 0 Å². The molecule has 0 aromatic heterocycles. The Morgan fingerprint density at radius 1 is 1.50 bits per heavy atom. The molecule has 0 amide bonds. The van der Waals surface area contributed by atoms with Crippen molar-refractivity contribution in [3.8, 4) is 0 Å². The fourth-order valence-electron chi connectivity index (χ4n) is 0.467. The van der Waals surface area contributed by atoms with Gasteiger partial charge in [-0.05, 0) is 25.5 Å². The summed E-state index contributed by atoms with van der Waals surface area (Å²) in [5.74, 6) is 0.167. The zero-order valence-corrected chi connectivity index (χ0v) is 6.90. The third-order valence-corrected chi connectivity index (χ3v) is 1.40. The highest BCUT2D eigenvalue weighted by molar-refractivity contribution is 5.90. The number of carbonyl (C=O) groups is 1. The number of hydrogen-bond donors (Lipinski definition) is 0. The van der Waals surface area contributed by atoms with Crippen LogP contribution in [0.4, 0.5) is 0 Å². The van der Waals surface area contributed by atoms with E-state index in [2.05, 4.69) is 6.58 Å². The van der Waals surface area contributed by atoms with Gasteiger partial charge in [0.1, 0.15) is 0 Å². The molecule has 0 spiro atoms. The summed E-state index contributed by atoms with van der Waals surface area (Å²) in [6.07, 6.45) is 2.22. The number of rotatable bonds is 3. The van der Waals surface area contributed by atoms with E-state index in [4.69, 9.17) is 0 Å². The molecule has 0 atom stereocenters. The maximum atomic E-state index is 10.8. The average molecular weight is 138 g/mol. The largest absolute Gasteiger partial charge is 0.295 e. The highest BCUT2D eigenvalue weighted by atomic mass is 16.1. The maximum Gasteiger partial charge on any atom is 0.155 e. The molecule has 0 bridgehead atoms. The van der Waals surface area contributed by atoms with E-state index in [-0.39, 0.29) is 5.78 Å². The summed E-state index contributed by atoms with van der Waals surface area (Å²) in [6, 6.07) is 0. The molecule has 56 valence electrons. The lowest BCUT2D eigenvalue weighted by Gasteiger charge is -1.95. The van der Waals surface area contributed by atoms with Crippen LogP contribution >= 0.6 is 0 Å². The molecule has 0 fully saturated rings. The number of hydrogen-bond acceptors (Lipinski definition) is 1. The molecule has 10 heavy (non-hydrogen) atoms. The Labute approximate surface area is 62.4 Å². The summed E-state index contributed by atoms with van der Waals surface area (Å²) in [4.78, 5) is 10.8. The summed E-state index contributed by atoms with van der Waals surface area (Å²) in [5, 5.41) is 0. The zero-order valence-electron chi connectivity index (χ0n) is 6.90. The fourth-order valence-corrected chi connectivity index (χ4v) is 0.467. The van der Waals surface area contributed by atoms with Crippen LogP contribution in [-0.4, -0.2) is 5.78 Å². The van der Waals surface area contributed by atoms with Crippen LogP contribution < -0.4 is 0 Å². The second-order valence-electron chi connectivity index (χ2n) is 2.43. The SMILES string of the molecule is C=C(C)/C(C)=C/C(=O)CC. The molecular weight excluding hydrogens is 124 g/mol. The highest BCUT2D eigenvalue weighted by Crippen LogP contribution is 2.04. The molecule has 0 aromatic rings. The van der Waals surface area contributed by atoms with Gasteiger partial charge in [0, 0.05) is 6.42 Å². The zero-order chi connectivity index (χ0) is 8.15. The first-order valence-corrected chi connectivity index (χ1v) is 3.45. The second-order valence-corrected chi connectivity index (χ2v) is 2.43. The van der Waals surface area contributed by atoms with Gasteiger partial charge >= 0.3 is 0 Å². The Morgan fingerprint density at radius 2 is 2.00 bits per heavy atom. The van der Waals surface area contributed by atoms with E-state index >= 15 is 0 Å². The summed E-state index contributed by atoms with van der Waals surface area (Å²) in [6.45, 7) is 9.37. The van der Waals surface area contributed by atoms with Crippen LogP contribution in [0.25, 0.3) is 0 Å². The van der Waals surface area contributed by atoms with Gasteiger partial charge < -0.3 is 0 Å². The quantitative estimate of drug-likeness (QED) is 0.432. The van der Waals surface area contributed by atoms with E-state index in [1.165, 1.54) is 0 Å². The predicted molar refractivity (Wildman–Crippen MR) is 43.9 cm³/mol. The molecule has 0 heterocycles. The lowest BCUT2D eigenvalue weighted by Crippen LogP contribution is -1.90. The molecular formula is C9H14O. The Balaban J connectivity index is 4.16. The van der Waals surface area contributed by atoms with Crippen LogP contribution in [0.5, 0.6) is 0 Å². The first-order chi connectivity index (χ1) is 4.57. The molecule has 0 aliphatic rings. The molecule has 0 rings (SSSR count). The van der Waals surface area contributed by atoms with Crippen molar-refractivity contribution >= 4 is 5.78 Å². The van der Waals surface area contributed by atoms with E-state index in [9.17, 15) is 4.79 Å². The number of allylic oxidation sites excluding steroid dienone is 3. The van der Waals surface area contributed by atoms with Crippen LogP contribution in [0.15, 0.2) is 23.8 Å². The summed E-state index contributed by atoms with van der Waals surface area (Å²) in [7, 11) is 0. The topological polar surface area (TPSA) is 17.1 Å². The summed E-state index contributed by atoms with van der Waals surface area (Å²) in [5.41, 5.74) is 1.94. The van der Waals surface area contributed by atoms with Gasteiger partial charge in [-0.15, -0.1) is 0 Å². The van der Waals surface area contributed by atoms with Gasteiger partial charge in [-0.2, -0.15) is 0 Å². The smallest absolute Gasteiger partial charge is 0.155 e. The van der Waals surface area contributed by atoms with E-state index in [1.54, 1.807) is 6.08 Å². The molecule has 0 unspecified atom stereocenters. The van der Waals surface area contributed by atoms with Crippen LogP contribution in [0.3, 0.4) is 0 Å². The standard InChI is InChI=1S/C9H14O/c1-5-9(10)6-8(4)7(2)3/h6H,2,5H2,1,3-4H3/b8-6+.